The number of carbonyl (C=O) groups excluding carboxylic acids is 1. The lowest BCUT2D eigenvalue weighted by Crippen LogP contribution is -2.05. The molecule has 1 aromatic carbocycles. The summed E-state index contributed by atoms with van der Waals surface area (Å²) in [6, 6.07) is 3.08. The molecule has 1 aromatic heterocycles. The highest BCUT2D eigenvalue weighted by Crippen LogP contribution is 2.23. The van der Waals surface area contributed by atoms with E-state index in [0.29, 0.717) is 21.1 Å². The van der Waals surface area contributed by atoms with E-state index in [-0.39, 0.29) is 6.61 Å². The molecule has 6 heteroatoms. The molecule has 0 aliphatic heterocycles. The van der Waals surface area contributed by atoms with Crippen molar-refractivity contribution in [3.05, 3.63) is 28.2 Å². The molecular weight excluding hydrogens is 279 g/mol. The van der Waals surface area contributed by atoms with Gasteiger partial charge in [-0.2, -0.15) is 4.39 Å². The molecule has 1 heterocycles. The molecule has 0 unspecified atom stereocenters. The minimum atomic E-state index is -0.678. The zero-order valence-corrected chi connectivity index (χ0v) is 9.97. The van der Waals surface area contributed by atoms with Gasteiger partial charge in [-0.15, -0.1) is 0 Å². The van der Waals surface area contributed by atoms with Crippen LogP contribution in [-0.2, 0) is 4.74 Å². The van der Waals surface area contributed by atoms with Crippen LogP contribution in [-0.4, -0.2) is 22.5 Å². The van der Waals surface area contributed by atoms with Crippen LogP contribution in [0.5, 0.6) is 0 Å². The Balaban J connectivity index is 2.53. The Bertz CT molecular complexity index is 553. The first kappa shape index (κ1) is 11.1. The van der Waals surface area contributed by atoms with Crippen LogP contribution in [0.1, 0.15) is 17.3 Å². The number of hydrogen-bond donors (Lipinski definition) is 1. The molecule has 0 fully saturated rings. The lowest BCUT2D eigenvalue weighted by Gasteiger charge is -2.03. The standard InChI is InChI=1S/C10H8BrFN2O2/c1-2-16-9(15)5-3-7-8(4-6(5)11)14-10(12)13-7/h3-4H,2H2,1H3,(H,13,14). The first-order valence-electron chi connectivity index (χ1n) is 4.63. The van der Waals surface area contributed by atoms with Gasteiger partial charge in [0.05, 0.1) is 23.2 Å². The number of aromatic nitrogens is 2. The van der Waals surface area contributed by atoms with E-state index < -0.39 is 12.0 Å². The zero-order valence-electron chi connectivity index (χ0n) is 8.38. The smallest absolute Gasteiger partial charge is 0.339 e. The summed E-state index contributed by atoms with van der Waals surface area (Å²) in [7, 11) is 0. The fraction of sp³-hybridized carbons (Fsp3) is 0.200. The highest BCUT2D eigenvalue weighted by Gasteiger charge is 2.14. The Hall–Kier alpha value is -1.43. The van der Waals surface area contributed by atoms with Crippen molar-refractivity contribution >= 4 is 32.9 Å². The molecule has 0 atom stereocenters. The third-order valence-corrected chi connectivity index (χ3v) is 2.69. The predicted molar refractivity (Wildman–Crippen MR) is 59.7 cm³/mol. The van der Waals surface area contributed by atoms with Crippen molar-refractivity contribution in [1.29, 1.82) is 0 Å². The molecule has 0 aliphatic carbocycles. The van der Waals surface area contributed by atoms with Gasteiger partial charge in [0.25, 0.3) is 6.08 Å². The van der Waals surface area contributed by atoms with Crippen molar-refractivity contribution < 1.29 is 13.9 Å². The molecule has 0 aliphatic rings. The van der Waals surface area contributed by atoms with Crippen LogP contribution < -0.4 is 0 Å². The average Bonchev–Trinajstić information content (AvgIpc) is 2.56. The van der Waals surface area contributed by atoms with Gasteiger partial charge in [-0.1, -0.05) is 0 Å². The summed E-state index contributed by atoms with van der Waals surface area (Å²) in [5.41, 5.74) is 1.25. The topological polar surface area (TPSA) is 55.0 Å². The molecule has 16 heavy (non-hydrogen) atoms. The van der Waals surface area contributed by atoms with Gasteiger partial charge in [0.1, 0.15) is 0 Å². The normalized spacial score (nSPS) is 10.7. The predicted octanol–water partition coefficient (Wildman–Crippen LogP) is 2.64. The largest absolute Gasteiger partial charge is 0.462 e. The number of esters is 1. The van der Waals surface area contributed by atoms with E-state index in [0.717, 1.165) is 0 Å². The van der Waals surface area contributed by atoms with E-state index in [1.807, 2.05) is 0 Å². The number of halogens is 2. The minimum Gasteiger partial charge on any atom is -0.462 e. The summed E-state index contributed by atoms with van der Waals surface area (Å²) >= 11 is 3.23. The third kappa shape index (κ3) is 1.92. The van der Waals surface area contributed by atoms with Crippen molar-refractivity contribution in [2.75, 3.05) is 6.61 Å². The Kier molecular flexibility index (Phi) is 2.91. The lowest BCUT2D eigenvalue weighted by molar-refractivity contribution is 0.0525. The van der Waals surface area contributed by atoms with E-state index >= 15 is 0 Å². The first-order valence-corrected chi connectivity index (χ1v) is 5.43. The monoisotopic (exact) mass is 286 g/mol. The fourth-order valence-electron chi connectivity index (χ4n) is 1.36. The minimum absolute atomic E-state index is 0.290. The second kappa shape index (κ2) is 4.21. The number of ether oxygens (including phenoxy) is 1. The lowest BCUT2D eigenvalue weighted by atomic mass is 10.2. The summed E-state index contributed by atoms with van der Waals surface area (Å²) < 4.78 is 18.2. The number of fused-ring (bicyclic) bond motifs is 1. The van der Waals surface area contributed by atoms with Crippen LogP contribution in [0, 0.1) is 6.08 Å². The third-order valence-electron chi connectivity index (χ3n) is 2.04. The first-order chi connectivity index (χ1) is 7.61. The molecule has 0 saturated heterocycles. The van der Waals surface area contributed by atoms with Crippen LogP contribution in [0.25, 0.3) is 11.0 Å². The van der Waals surface area contributed by atoms with Crippen LogP contribution in [0.3, 0.4) is 0 Å². The van der Waals surface area contributed by atoms with Gasteiger partial charge >= 0.3 is 5.97 Å². The maximum Gasteiger partial charge on any atom is 0.339 e. The number of nitrogens with one attached hydrogen (secondary N) is 1. The van der Waals surface area contributed by atoms with E-state index in [1.54, 1.807) is 13.0 Å². The molecule has 0 bridgehead atoms. The van der Waals surface area contributed by atoms with Crippen LogP contribution in [0.2, 0.25) is 0 Å². The van der Waals surface area contributed by atoms with Crippen molar-refractivity contribution in [2.45, 2.75) is 6.92 Å². The van der Waals surface area contributed by atoms with Crippen LogP contribution in [0.4, 0.5) is 4.39 Å². The van der Waals surface area contributed by atoms with Gasteiger partial charge in [0.15, 0.2) is 0 Å². The zero-order chi connectivity index (χ0) is 11.7. The van der Waals surface area contributed by atoms with Gasteiger partial charge in [-0.3, -0.25) is 0 Å². The summed E-state index contributed by atoms with van der Waals surface area (Å²) in [6.07, 6.45) is -0.678. The number of imidazole rings is 1. The molecule has 0 amide bonds. The van der Waals surface area contributed by atoms with Crippen molar-refractivity contribution in [1.82, 2.24) is 9.97 Å². The second-order valence-electron chi connectivity index (χ2n) is 3.10. The second-order valence-corrected chi connectivity index (χ2v) is 3.95. The Morgan fingerprint density at radius 2 is 2.38 bits per heavy atom. The number of aromatic amines is 1. The van der Waals surface area contributed by atoms with E-state index in [9.17, 15) is 9.18 Å². The molecule has 0 spiro atoms. The Morgan fingerprint density at radius 1 is 1.62 bits per heavy atom. The summed E-state index contributed by atoms with van der Waals surface area (Å²) in [5, 5.41) is 0. The van der Waals surface area contributed by atoms with Gasteiger partial charge in [-0.05, 0) is 35.0 Å². The van der Waals surface area contributed by atoms with E-state index in [1.165, 1.54) is 6.07 Å². The molecule has 2 rings (SSSR count). The van der Waals surface area contributed by atoms with E-state index in [4.69, 9.17) is 4.74 Å². The molecule has 84 valence electrons. The number of nitrogens with zero attached hydrogens (tertiary/aromatic N) is 1. The average molecular weight is 287 g/mol. The highest BCUT2D eigenvalue weighted by atomic mass is 79.9. The van der Waals surface area contributed by atoms with Crippen LogP contribution >= 0.6 is 15.9 Å². The van der Waals surface area contributed by atoms with Crippen LogP contribution in [0.15, 0.2) is 16.6 Å². The molecular formula is C10H8BrFN2O2. The van der Waals surface area contributed by atoms with Crippen molar-refractivity contribution in [2.24, 2.45) is 0 Å². The molecule has 4 nitrogen and oxygen atoms in total. The Labute approximate surface area is 98.9 Å². The van der Waals surface area contributed by atoms with Crippen molar-refractivity contribution in [3.8, 4) is 0 Å². The molecule has 1 N–H and O–H groups in total. The number of hydrogen-bond acceptors (Lipinski definition) is 3. The number of carbonyl (C=O) groups is 1. The van der Waals surface area contributed by atoms with Gasteiger partial charge in [-0.25, -0.2) is 9.78 Å². The number of rotatable bonds is 2. The van der Waals surface area contributed by atoms with E-state index in [2.05, 4.69) is 25.9 Å². The SMILES string of the molecule is CCOC(=O)c1cc2nc(F)[nH]c2cc1Br. The Morgan fingerprint density at radius 3 is 3.06 bits per heavy atom. The van der Waals surface area contributed by atoms with Gasteiger partial charge in [0, 0.05) is 4.47 Å². The maximum absolute atomic E-state index is 12.8. The quantitative estimate of drug-likeness (QED) is 0.864. The molecule has 0 radical (unpaired) electrons. The maximum atomic E-state index is 12.8. The fourth-order valence-corrected chi connectivity index (χ4v) is 1.87. The summed E-state index contributed by atoms with van der Waals surface area (Å²) in [4.78, 5) is 17.6. The van der Waals surface area contributed by atoms with Gasteiger partial charge < -0.3 is 9.72 Å². The van der Waals surface area contributed by atoms with Crippen molar-refractivity contribution in [3.63, 3.8) is 0 Å². The summed E-state index contributed by atoms with van der Waals surface area (Å²) in [5.74, 6) is -0.459. The highest BCUT2D eigenvalue weighted by molar-refractivity contribution is 9.10. The van der Waals surface area contributed by atoms with Gasteiger partial charge in [0.2, 0.25) is 0 Å². The number of benzene rings is 1. The number of H-pyrrole nitrogens is 1. The molecule has 2 aromatic rings. The summed E-state index contributed by atoms with van der Waals surface area (Å²) in [6.45, 7) is 2.01. The molecule has 0 saturated carbocycles.